The van der Waals surface area contributed by atoms with Crippen LogP contribution in [0.4, 0.5) is 15.3 Å². The molecule has 2 amide bonds. The van der Waals surface area contributed by atoms with Gasteiger partial charge in [0.2, 0.25) is 4.80 Å². The first-order valence-corrected chi connectivity index (χ1v) is 10.2. The average molecular weight is 423 g/mol. The van der Waals surface area contributed by atoms with Crippen molar-refractivity contribution in [2.75, 3.05) is 24.6 Å². The van der Waals surface area contributed by atoms with Gasteiger partial charge in [-0.05, 0) is 45.9 Å². The fourth-order valence-electron chi connectivity index (χ4n) is 2.85. The van der Waals surface area contributed by atoms with Crippen molar-refractivity contribution in [2.24, 2.45) is 12.2 Å². The van der Waals surface area contributed by atoms with Gasteiger partial charge in [0, 0.05) is 12.7 Å². The first-order valence-electron chi connectivity index (χ1n) is 9.38. The zero-order valence-corrected chi connectivity index (χ0v) is 18.0. The molecule has 0 spiro atoms. The van der Waals surface area contributed by atoms with Gasteiger partial charge in [0.1, 0.15) is 18.3 Å². The van der Waals surface area contributed by atoms with Gasteiger partial charge in [0.25, 0.3) is 0 Å². The van der Waals surface area contributed by atoms with E-state index in [4.69, 9.17) is 14.3 Å². The van der Waals surface area contributed by atoms with E-state index in [0.717, 1.165) is 20.7 Å². The van der Waals surface area contributed by atoms with Gasteiger partial charge >= 0.3 is 12.2 Å². The molecule has 2 heterocycles. The molecule has 1 aromatic carbocycles. The number of amides is 2. The lowest BCUT2D eigenvalue weighted by Crippen LogP contribution is -2.38. The Bertz CT molecular complexity index is 975. The number of aryl methyl sites for hydroxylation is 1. The SMILES string of the molecule is CCON=c1sc2cc(N3C[C@H](CNC(=O)OC(C)(C)C)OC3=O)ccc2n1C. The van der Waals surface area contributed by atoms with Crippen molar-refractivity contribution in [3.05, 3.63) is 23.0 Å². The Morgan fingerprint density at radius 1 is 1.41 bits per heavy atom. The van der Waals surface area contributed by atoms with Crippen molar-refractivity contribution < 1.29 is 23.9 Å². The highest BCUT2D eigenvalue weighted by Crippen LogP contribution is 2.27. The predicted octanol–water partition coefficient (Wildman–Crippen LogP) is 2.94. The Hall–Kier alpha value is -2.75. The van der Waals surface area contributed by atoms with Crippen molar-refractivity contribution >= 4 is 39.4 Å². The lowest BCUT2D eigenvalue weighted by molar-refractivity contribution is 0.0496. The van der Waals surface area contributed by atoms with E-state index >= 15 is 0 Å². The molecule has 3 rings (SSSR count). The number of rotatable bonds is 5. The third-order valence-corrected chi connectivity index (χ3v) is 5.20. The molecule has 0 aliphatic carbocycles. The second-order valence-electron chi connectivity index (χ2n) is 7.60. The normalized spacial score (nSPS) is 17.6. The molecule has 9 nitrogen and oxygen atoms in total. The molecule has 1 fully saturated rings. The maximum absolute atomic E-state index is 12.3. The van der Waals surface area contributed by atoms with E-state index in [1.807, 2.05) is 36.7 Å². The maximum atomic E-state index is 12.3. The van der Waals surface area contributed by atoms with Gasteiger partial charge in [-0.1, -0.05) is 16.5 Å². The van der Waals surface area contributed by atoms with Gasteiger partial charge < -0.3 is 24.2 Å². The number of carbonyl (C=O) groups is 2. The number of ether oxygens (including phenoxy) is 2. The van der Waals surface area contributed by atoms with Crippen molar-refractivity contribution in [3.63, 3.8) is 0 Å². The number of aromatic nitrogens is 1. The zero-order valence-electron chi connectivity index (χ0n) is 17.2. The molecule has 1 aliphatic rings. The first-order chi connectivity index (χ1) is 13.7. The molecule has 1 saturated heterocycles. The largest absolute Gasteiger partial charge is 0.444 e. The Kier molecular flexibility index (Phi) is 6.02. The fraction of sp³-hybridized carbons (Fsp3) is 0.526. The average Bonchev–Trinajstić information content (AvgIpc) is 3.16. The van der Waals surface area contributed by atoms with Crippen LogP contribution in [0, 0.1) is 0 Å². The van der Waals surface area contributed by atoms with E-state index in [2.05, 4.69) is 10.5 Å². The molecular formula is C19H26N4O5S. The third kappa shape index (κ3) is 5.00. The molecule has 158 valence electrons. The molecular weight excluding hydrogens is 396 g/mol. The highest BCUT2D eigenvalue weighted by atomic mass is 32.1. The number of hydrogen-bond acceptors (Lipinski definition) is 7. The van der Waals surface area contributed by atoms with Crippen LogP contribution >= 0.6 is 11.3 Å². The van der Waals surface area contributed by atoms with Gasteiger partial charge in [0.05, 0.1) is 23.3 Å². The number of anilines is 1. The summed E-state index contributed by atoms with van der Waals surface area (Å²) < 4.78 is 13.5. The van der Waals surface area contributed by atoms with Gasteiger partial charge in [-0.3, -0.25) is 4.90 Å². The summed E-state index contributed by atoms with van der Waals surface area (Å²) in [6.07, 6.45) is -1.43. The van der Waals surface area contributed by atoms with E-state index in [-0.39, 0.29) is 6.54 Å². The molecule has 0 bridgehead atoms. The Morgan fingerprint density at radius 3 is 2.86 bits per heavy atom. The topological polar surface area (TPSA) is 94.4 Å². The van der Waals surface area contributed by atoms with Crippen LogP contribution in [-0.2, 0) is 21.4 Å². The molecule has 1 aromatic heterocycles. The van der Waals surface area contributed by atoms with Crippen molar-refractivity contribution in [1.82, 2.24) is 9.88 Å². The highest BCUT2D eigenvalue weighted by Gasteiger charge is 2.33. The van der Waals surface area contributed by atoms with Crippen LogP contribution in [0.1, 0.15) is 27.7 Å². The van der Waals surface area contributed by atoms with Crippen molar-refractivity contribution in [1.29, 1.82) is 0 Å². The van der Waals surface area contributed by atoms with Gasteiger partial charge in [-0.15, -0.1) is 0 Å². The standard InChI is InChI=1S/C19H26N4O5S/c1-6-26-21-16-22(5)14-8-7-12(9-15(14)29-16)23-11-13(27-18(23)25)10-20-17(24)28-19(2,3)4/h7-9,13H,6,10-11H2,1-5H3,(H,20,24)/t13-/m0/s1. The van der Waals surface area contributed by atoms with E-state index in [0.29, 0.717) is 13.2 Å². The first kappa shape index (κ1) is 21.0. The van der Waals surface area contributed by atoms with E-state index in [1.165, 1.54) is 11.3 Å². The number of fused-ring (bicyclic) bond motifs is 1. The van der Waals surface area contributed by atoms with Crippen LogP contribution in [0.3, 0.4) is 0 Å². The molecule has 0 saturated carbocycles. The molecule has 0 radical (unpaired) electrons. The summed E-state index contributed by atoms with van der Waals surface area (Å²) in [5, 5.41) is 6.75. The lowest BCUT2D eigenvalue weighted by Gasteiger charge is -2.20. The molecule has 1 aliphatic heterocycles. The summed E-state index contributed by atoms with van der Waals surface area (Å²) in [7, 11) is 1.92. The second-order valence-corrected chi connectivity index (χ2v) is 8.61. The lowest BCUT2D eigenvalue weighted by atomic mass is 10.2. The second kappa shape index (κ2) is 8.32. The zero-order chi connectivity index (χ0) is 21.2. The Morgan fingerprint density at radius 2 is 2.17 bits per heavy atom. The molecule has 0 unspecified atom stereocenters. The Balaban J connectivity index is 1.70. The molecule has 1 atom stereocenters. The summed E-state index contributed by atoms with van der Waals surface area (Å²) >= 11 is 1.48. The van der Waals surface area contributed by atoms with Gasteiger partial charge in [0.15, 0.2) is 0 Å². The van der Waals surface area contributed by atoms with Crippen LogP contribution in [0.15, 0.2) is 23.4 Å². The summed E-state index contributed by atoms with van der Waals surface area (Å²) in [6, 6.07) is 5.73. The number of cyclic esters (lactones) is 1. The number of alkyl carbamates (subject to hydrolysis) is 1. The number of nitrogens with zero attached hydrogens (tertiary/aromatic N) is 3. The van der Waals surface area contributed by atoms with Crippen LogP contribution in [-0.4, -0.2) is 48.2 Å². The Labute approximate surface area is 172 Å². The number of nitrogens with one attached hydrogen (secondary N) is 1. The summed E-state index contributed by atoms with van der Waals surface area (Å²) in [5.41, 5.74) is 1.14. The van der Waals surface area contributed by atoms with E-state index < -0.39 is 23.9 Å². The molecule has 1 N–H and O–H groups in total. The molecule has 10 heteroatoms. The predicted molar refractivity (Wildman–Crippen MR) is 110 cm³/mol. The smallest absolute Gasteiger partial charge is 0.414 e. The van der Waals surface area contributed by atoms with E-state index in [1.54, 1.807) is 25.7 Å². The van der Waals surface area contributed by atoms with Gasteiger partial charge in [-0.25, -0.2) is 9.59 Å². The number of hydrogen-bond donors (Lipinski definition) is 1. The molecule has 2 aromatic rings. The fourth-order valence-corrected chi connectivity index (χ4v) is 3.86. The third-order valence-electron chi connectivity index (χ3n) is 4.12. The van der Waals surface area contributed by atoms with Crippen LogP contribution in [0.5, 0.6) is 0 Å². The maximum Gasteiger partial charge on any atom is 0.414 e. The van der Waals surface area contributed by atoms with Crippen molar-refractivity contribution in [3.8, 4) is 0 Å². The van der Waals surface area contributed by atoms with Gasteiger partial charge in [-0.2, -0.15) is 0 Å². The minimum Gasteiger partial charge on any atom is -0.444 e. The minimum absolute atomic E-state index is 0.185. The van der Waals surface area contributed by atoms with Crippen LogP contribution < -0.4 is 15.0 Å². The summed E-state index contributed by atoms with van der Waals surface area (Å²) in [4.78, 5) is 31.6. The number of carbonyl (C=O) groups excluding carboxylic acids is 2. The quantitative estimate of drug-likeness (QED) is 0.748. The monoisotopic (exact) mass is 422 g/mol. The van der Waals surface area contributed by atoms with Crippen LogP contribution in [0.25, 0.3) is 10.2 Å². The number of thiazole rings is 1. The van der Waals surface area contributed by atoms with Crippen LogP contribution in [0.2, 0.25) is 0 Å². The van der Waals surface area contributed by atoms with Crippen molar-refractivity contribution in [2.45, 2.75) is 39.4 Å². The molecule has 29 heavy (non-hydrogen) atoms. The number of benzene rings is 1. The minimum atomic E-state index is -0.581. The summed E-state index contributed by atoms with van der Waals surface area (Å²) in [5.74, 6) is 0. The van der Waals surface area contributed by atoms with E-state index in [9.17, 15) is 9.59 Å². The highest BCUT2D eigenvalue weighted by molar-refractivity contribution is 7.16. The summed E-state index contributed by atoms with van der Waals surface area (Å²) in [6.45, 7) is 8.27.